The first-order valence-corrected chi connectivity index (χ1v) is 23.8. The van der Waals surface area contributed by atoms with E-state index in [0.717, 1.165) is 19.3 Å². The molecule has 2 heteroatoms. The van der Waals surface area contributed by atoms with Crippen molar-refractivity contribution >= 4 is 40.1 Å². The standard InChI is InChI=1S/C61H58N2/c1-6-47-40(28-32-51-50-34-30-46(38-54(50)61(4,5)59(47)51)63-57-21-13-9-17-43(57)36-44-18-10-14-22-58(44)63)25-23-39-24-31-48-49-33-29-45(37-53(49)60(2,3)52(48)35-39)62-55-19-11-7-15-41(55)26-27-42-16-8-12-20-56(42)62/h7,9-11,13-15,17-19,21-25,28-35,37-38,47,59H,6,8,12,16,20,26-27,36H2,1-5H3/b25-23+. The molecule has 2 nitrogen and oxygen atoms in total. The molecule has 6 aromatic carbocycles. The van der Waals surface area contributed by atoms with Crippen molar-refractivity contribution in [2.75, 3.05) is 9.80 Å². The normalized spacial score (nSPS) is 21.0. The predicted octanol–water partition coefficient (Wildman–Crippen LogP) is 16.2. The molecule has 0 radical (unpaired) electrons. The second kappa shape index (κ2) is 14.5. The summed E-state index contributed by atoms with van der Waals surface area (Å²) in [5, 5.41) is 0. The quantitative estimate of drug-likeness (QED) is 0.171. The second-order valence-corrected chi connectivity index (χ2v) is 20.2. The Bertz CT molecular complexity index is 2950. The Balaban J connectivity index is 0.849. The van der Waals surface area contributed by atoms with Crippen LogP contribution in [0.4, 0.5) is 28.4 Å². The van der Waals surface area contributed by atoms with Gasteiger partial charge in [0.1, 0.15) is 0 Å². The van der Waals surface area contributed by atoms with E-state index < -0.39 is 0 Å². The zero-order chi connectivity index (χ0) is 42.6. The summed E-state index contributed by atoms with van der Waals surface area (Å²) in [5.74, 6) is 0.846. The Morgan fingerprint density at radius 3 is 1.89 bits per heavy atom. The molecule has 2 unspecified atom stereocenters. The predicted molar refractivity (Wildman–Crippen MR) is 266 cm³/mol. The molecule has 2 aliphatic heterocycles. The molecule has 4 aliphatic carbocycles. The zero-order valence-electron chi connectivity index (χ0n) is 37.6. The molecule has 0 saturated heterocycles. The van der Waals surface area contributed by atoms with E-state index in [1.54, 1.807) is 11.3 Å². The highest BCUT2D eigenvalue weighted by atomic mass is 15.2. The number of para-hydroxylation sites is 3. The maximum Gasteiger partial charge on any atom is 0.0497 e. The van der Waals surface area contributed by atoms with Crippen LogP contribution in [0, 0.1) is 11.8 Å². The minimum Gasteiger partial charge on any atom is -0.314 e. The summed E-state index contributed by atoms with van der Waals surface area (Å²) in [6, 6.07) is 48.9. The van der Waals surface area contributed by atoms with Crippen molar-refractivity contribution in [3.05, 3.63) is 207 Å². The van der Waals surface area contributed by atoms with E-state index in [1.165, 1.54) is 127 Å². The SMILES string of the molecule is CCC1C(/C=C/c2ccc3c(c2)C(C)(C)c2cc(N4C5=C(CCCC5)CCc5ccccc54)ccc2-3)=CC=C2c3ccc(N4c5ccccc5Cc5ccccc54)cc3C(C)(C)C21. The molecular formula is C61H58N2. The molecule has 12 rings (SSSR count). The summed E-state index contributed by atoms with van der Waals surface area (Å²) in [6.45, 7) is 12.3. The van der Waals surface area contributed by atoms with Crippen LogP contribution in [-0.2, 0) is 23.7 Å². The monoisotopic (exact) mass is 818 g/mol. The largest absolute Gasteiger partial charge is 0.314 e. The number of rotatable bonds is 5. The average molecular weight is 819 g/mol. The Morgan fingerprint density at radius 1 is 0.556 bits per heavy atom. The zero-order valence-corrected chi connectivity index (χ0v) is 37.6. The van der Waals surface area contributed by atoms with Gasteiger partial charge in [0.2, 0.25) is 0 Å². The molecule has 0 amide bonds. The molecule has 0 N–H and O–H groups in total. The van der Waals surface area contributed by atoms with Gasteiger partial charge in [-0.3, -0.25) is 0 Å². The highest BCUT2D eigenvalue weighted by molar-refractivity contribution is 5.89. The summed E-state index contributed by atoms with van der Waals surface area (Å²) in [6.07, 6.45) is 19.1. The van der Waals surface area contributed by atoms with Gasteiger partial charge in [0.05, 0.1) is 0 Å². The lowest BCUT2D eigenvalue weighted by atomic mass is 9.66. The van der Waals surface area contributed by atoms with Gasteiger partial charge in [-0.15, -0.1) is 0 Å². The Hall–Kier alpha value is -6.12. The van der Waals surface area contributed by atoms with Crippen LogP contribution in [0.25, 0.3) is 22.8 Å². The van der Waals surface area contributed by atoms with Crippen molar-refractivity contribution in [2.24, 2.45) is 11.8 Å². The van der Waals surface area contributed by atoms with Crippen LogP contribution in [0.2, 0.25) is 0 Å². The van der Waals surface area contributed by atoms with Crippen molar-refractivity contribution in [3.63, 3.8) is 0 Å². The molecule has 6 aliphatic rings. The minimum absolute atomic E-state index is 0.0211. The maximum absolute atomic E-state index is 2.64. The number of anilines is 5. The van der Waals surface area contributed by atoms with Crippen LogP contribution in [0.15, 0.2) is 162 Å². The Labute approximate surface area is 375 Å². The van der Waals surface area contributed by atoms with Crippen LogP contribution < -0.4 is 9.80 Å². The molecule has 63 heavy (non-hydrogen) atoms. The first-order valence-electron chi connectivity index (χ1n) is 23.8. The van der Waals surface area contributed by atoms with Gasteiger partial charge in [-0.1, -0.05) is 144 Å². The second-order valence-electron chi connectivity index (χ2n) is 20.2. The van der Waals surface area contributed by atoms with Crippen molar-refractivity contribution in [3.8, 4) is 11.1 Å². The third-order valence-corrected chi connectivity index (χ3v) is 16.1. The van der Waals surface area contributed by atoms with E-state index in [2.05, 4.69) is 196 Å². The van der Waals surface area contributed by atoms with Crippen LogP contribution in [-0.4, -0.2) is 0 Å². The van der Waals surface area contributed by atoms with Gasteiger partial charge >= 0.3 is 0 Å². The lowest BCUT2D eigenvalue weighted by molar-refractivity contribution is 0.316. The van der Waals surface area contributed by atoms with Gasteiger partial charge < -0.3 is 9.80 Å². The minimum atomic E-state index is -0.107. The van der Waals surface area contributed by atoms with Crippen LogP contribution in [0.3, 0.4) is 0 Å². The van der Waals surface area contributed by atoms with Gasteiger partial charge in [0.25, 0.3) is 0 Å². The lowest BCUT2D eigenvalue weighted by Gasteiger charge is -2.38. The molecule has 0 spiro atoms. The van der Waals surface area contributed by atoms with Gasteiger partial charge in [-0.2, -0.15) is 0 Å². The number of aryl methyl sites for hydroxylation is 1. The summed E-state index contributed by atoms with van der Waals surface area (Å²) >= 11 is 0. The van der Waals surface area contributed by atoms with Crippen LogP contribution >= 0.6 is 0 Å². The molecule has 0 bridgehead atoms. The van der Waals surface area contributed by atoms with Gasteiger partial charge in [-0.05, 0) is 171 Å². The van der Waals surface area contributed by atoms with Crippen LogP contribution in [0.5, 0.6) is 0 Å². The fourth-order valence-corrected chi connectivity index (χ4v) is 13.0. The van der Waals surface area contributed by atoms with E-state index in [1.807, 2.05) is 0 Å². The van der Waals surface area contributed by atoms with Gasteiger partial charge in [0.15, 0.2) is 0 Å². The van der Waals surface area contributed by atoms with E-state index in [0.29, 0.717) is 11.8 Å². The summed E-state index contributed by atoms with van der Waals surface area (Å²) in [5.41, 5.74) is 26.6. The fraction of sp³-hybridized carbons (Fsp3) is 0.279. The Morgan fingerprint density at radius 2 is 1.16 bits per heavy atom. The fourth-order valence-electron chi connectivity index (χ4n) is 13.0. The highest BCUT2D eigenvalue weighted by Gasteiger charge is 2.48. The molecule has 2 atom stereocenters. The molecule has 0 aromatic heterocycles. The number of fused-ring (bicyclic) bond motifs is 9. The molecule has 0 fully saturated rings. The third kappa shape index (κ3) is 5.90. The first-order chi connectivity index (χ1) is 30.7. The number of hydrogen-bond donors (Lipinski definition) is 0. The maximum atomic E-state index is 2.64. The van der Waals surface area contributed by atoms with Gasteiger partial charge in [-0.25, -0.2) is 0 Å². The highest BCUT2D eigenvalue weighted by Crippen LogP contribution is 2.59. The Kier molecular flexibility index (Phi) is 8.85. The molecule has 2 heterocycles. The van der Waals surface area contributed by atoms with Crippen molar-refractivity contribution in [1.29, 1.82) is 0 Å². The van der Waals surface area contributed by atoms with Crippen LogP contribution in [0.1, 0.15) is 118 Å². The third-order valence-electron chi connectivity index (χ3n) is 16.1. The lowest BCUT2D eigenvalue weighted by Crippen LogP contribution is -2.32. The first kappa shape index (κ1) is 38.5. The molecule has 312 valence electrons. The van der Waals surface area contributed by atoms with E-state index in [9.17, 15) is 0 Å². The summed E-state index contributed by atoms with van der Waals surface area (Å²) in [4.78, 5) is 5.14. The van der Waals surface area contributed by atoms with E-state index in [-0.39, 0.29) is 10.8 Å². The molecular weight excluding hydrogens is 761 g/mol. The molecule has 6 aromatic rings. The summed E-state index contributed by atoms with van der Waals surface area (Å²) < 4.78 is 0. The smallest absolute Gasteiger partial charge is 0.0497 e. The topological polar surface area (TPSA) is 6.48 Å². The van der Waals surface area contributed by atoms with Crippen molar-refractivity contribution in [1.82, 2.24) is 0 Å². The van der Waals surface area contributed by atoms with Gasteiger partial charge in [0, 0.05) is 51.9 Å². The number of allylic oxidation sites excluding steroid dienone is 7. The summed E-state index contributed by atoms with van der Waals surface area (Å²) in [7, 11) is 0. The van der Waals surface area contributed by atoms with Crippen molar-refractivity contribution < 1.29 is 0 Å². The van der Waals surface area contributed by atoms with E-state index in [4.69, 9.17) is 0 Å². The average Bonchev–Trinajstić information content (AvgIpc) is 3.58. The number of hydrogen-bond acceptors (Lipinski definition) is 2. The number of benzene rings is 6. The molecule has 0 saturated carbocycles. The van der Waals surface area contributed by atoms with Crippen molar-refractivity contribution in [2.45, 2.75) is 96.8 Å². The van der Waals surface area contributed by atoms with E-state index >= 15 is 0 Å². The number of nitrogens with zero attached hydrogens (tertiary/aromatic N) is 2.